The average molecular weight is 475 g/mol. The summed E-state index contributed by atoms with van der Waals surface area (Å²) in [6.45, 7) is 1.19. The number of likely N-dealkylation sites (tertiary alicyclic amines) is 1. The zero-order chi connectivity index (χ0) is 24.2. The number of nitrogens with zero attached hydrogens (tertiary/aromatic N) is 1. The molecule has 2 amide bonds. The third kappa shape index (κ3) is 3.77. The first kappa shape index (κ1) is 22.1. The molecule has 7 nitrogen and oxygen atoms in total. The van der Waals surface area contributed by atoms with Crippen LogP contribution >= 0.6 is 0 Å². The van der Waals surface area contributed by atoms with E-state index in [2.05, 4.69) is 29.6 Å². The summed E-state index contributed by atoms with van der Waals surface area (Å²) in [4.78, 5) is 39.1. The number of hydrogen-bond donors (Lipinski definition) is 2. The minimum absolute atomic E-state index is 0.0133. The lowest BCUT2D eigenvalue weighted by atomic mass is 9.94. The largest absolute Gasteiger partial charge is 0.481 e. The Bertz CT molecular complexity index is 1150. The molecule has 3 fully saturated rings. The van der Waals surface area contributed by atoms with Gasteiger partial charge in [0.15, 0.2) is 0 Å². The van der Waals surface area contributed by atoms with Crippen molar-refractivity contribution in [2.45, 2.75) is 44.1 Å². The molecule has 3 aliphatic carbocycles. The molecule has 7 heteroatoms. The number of carbonyl (C=O) groups excluding carboxylic acids is 2. The van der Waals surface area contributed by atoms with Gasteiger partial charge in [0, 0.05) is 25.0 Å². The zero-order valence-corrected chi connectivity index (χ0v) is 19.6. The molecule has 0 aromatic heterocycles. The van der Waals surface area contributed by atoms with Gasteiger partial charge in [0.25, 0.3) is 0 Å². The highest BCUT2D eigenvalue weighted by Crippen LogP contribution is 2.64. The van der Waals surface area contributed by atoms with Crippen molar-refractivity contribution in [1.82, 2.24) is 10.2 Å². The zero-order valence-electron chi connectivity index (χ0n) is 19.6. The van der Waals surface area contributed by atoms with E-state index in [1.807, 2.05) is 24.3 Å². The average Bonchev–Trinajstić information content (AvgIpc) is 3.30. The molecule has 1 aliphatic heterocycles. The van der Waals surface area contributed by atoms with Crippen molar-refractivity contribution in [3.8, 4) is 11.1 Å². The van der Waals surface area contributed by atoms with Crippen LogP contribution in [0, 0.1) is 17.3 Å². The minimum atomic E-state index is -0.825. The summed E-state index contributed by atoms with van der Waals surface area (Å²) >= 11 is 0. The van der Waals surface area contributed by atoms with Crippen LogP contribution in [0.1, 0.15) is 49.1 Å². The van der Waals surface area contributed by atoms with Crippen LogP contribution in [0.3, 0.4) is 0 Å². The van der Waals surface area contributed by atoms with Crippen LogP contribution in [0.4, 0.5) is 4.79 Å². The van der Waals surface area contributed by atoms with Crippen molar-refractivity contribution < 1.29 is 24.2 Å². The number of carboxylic acid groups (broad SMARTS) is 1. The van der Waals surface area contributed by atoms with Crippen LogP contribution in [0.5, 0.6) is 0 Å². The molecule has 2 N–H and O–H groups in total. The molecule has 4 atom stereocenters. The third-order valence-corrected chi connectivity index (χ3v) is 8.56. The van der Waals surface area contributed by atoms with Gasteiger partial charge in [0.2, 0.25) is 5.91 Å². The van der Waals surface area contributed by atoms with E-state index < -0.39 is 23.4 Å². The van der Waals surface area contributed by atoms with E-state index in [4.69, 9.17) is 4.74 Å². The Balaban J connectivity index is 1.06. The maximum Gasteiger partial charge on any atom is 0.407 e. The maximum absolute atomic E-state index is 13.3. The number of hydrogen-bond acceptors (Lipinski definition) is 4. The number of fused-ring (bicyclic) bond motifs is 4. The predicted molar refractivity (Wildman–Crippen MR) is 129 cm³/mol. The molecule has 182 valence electrons. The van der Waals surface area contributed by atoms with Crippen molar-refractivity contribution in [2.24, 2.45) is 17.3 Å². The summed E-state index contributed by atoms with van der Waals surface area (Å²) in [5.41, 5.74) is 4.30. The van der Waals surface area contributed by atoms with Crippen molar-refractivity contribution in [3.05, 3.63) is 59.7 Å². The van der Waals surface area contributed by atoms with Crippen LogP contribution in [0.2, 0.25) is 0 Å². The van der Waals surface area contributed by atoms with Gasteiger partial charge in [-0.3, -0.25) is 9.59 Å². The Kier molecular flexibility index (Phi) is 5.31. The molecule has 2 aromatic rings. The second-order valence-corrected chi connectivity index (χ2v) is 10.6. The second kappa shape index (κ2) is 8.40. The standard InChI is InChI=1S/C28H30N2O5/c31-25(32)17-6-5-11-30(15-17)26(33)28-13-18(28)12-19(14-28)29-27(34)35-16-24-22-9-3-1-7-20(22)21-8-2-4-10-23(21)24/h1-4,7-10,17-19,24H,5-6,11-16H2,(H,29,34)(H,31,32). The highest BCUT2D eigenvalue weighted by molar-refractivity contribution is 5.87. The summed E-state index contributed by atoms with van der Waals surface area (Å²) in [5, 5.41) is 12.4. The fourth-order valence-corrected chi connectivity index (χ4v) is 6.75. The number of rotatable bonds is 5. The first-order valence-electron chi connectivity index (χ1n) is 12.6. The van der Waals surface area contributed by atoms with E-state index >= 15 is 0 Å². The Labute approximate surface area is 204 Å². The van der Waals surface area contributed by atoms with Gasteiger partial charge in [-0.15, -0.1) is 0 Å². The Morgan fingerprint density at radius 1 is 1.03 bits per heavy atom. The lowest BCUT2D eigenvalue weighted by molar-refractivity contribution is -0.147. The van der Waals surface area contributed by atoms with Gasteiger partial charge < -0.3 is 20.1 Å². The molecule has 2 aromatic carbocycles. The fraction of sp³-hybridized carbons (Fsp3) is 0.464. The summed E-state index contributed by atoms with van der Waals surface area (Å²) in [6, 6.07) is 16.4. The lowest BCUT2D eigenvalue weighted by Crippen LogP contribution is -2.46. The number of carboxylic acids is 1. The number of ether oxygens (including phenoxy) is 1. The maximum atomic E-state index is 13.3. The van der Waals surface area contributed by atoms with Gasteiger partial charge in [-0.05, 0) is 60.3 Å². The van der Waals surface area contributed by atoms with E-state index in [1.165, 1.54) is 22.3 Å². The topological polar surface area (TPSA) is 95.9 Å². The number of alkyl carbamates (subject to hydrolysis) is 1. The first-order valence-corrected chi connectivity index (χ1v) is 12.6. The van der Waals surface area contributed by atoms with Crippen LogP contribution in [0.15, 0.2) is 48.5 Å². The van der Waals surface area contributed by atoms with E-state index in [0.717, 1.165) is 19.3 Å². The van der Waals surface area contributed by atoms with E-state index in [9.17, 15) is 19.5 Å². The van der Waals surface area contributed by atoms with Crippen molar-refractivity contribution in [1.29, 1.82) is 0 Å². The molecule has 6 rings (SSSR count). The van der Waals surface area contributed by atoms with Gasteiger partial charge in [-0.2, -0.15) is 0 Å². The number of benzene rings is 2. The van der Waals surface area contributed by atoms with Crippen molar-refractivity contribution in [3.63, 3.8) is 0 Å². The first-order chi connectivity index (χ1) is 17.0. The lowest BCUT2D eigenvalue weighted by Gasteiger charge is -2.33. The summed E-state index contributed by atoms with van der Waals surface area (Å²) in [5.74, 6) is -0.949. The van der Waals surface area contributed by atoms with Crippen molar-refractivity contribution >= 4 is 18.0 Å². The van der Waals surface area contributed by atoms with Crippen LogP contribution in [0.25, 0.3) is 11.1 Å². The molecular weight excluding hydrogens is 444 g/mol. The molecule has 0 bridgehead atoms. The molecule has 0 radical (unpaired) electrons. The van der Waals surface area contributed by atoms with Crippen LogP contribution < -0.4 is 5.32 Å². The minimum Gasteiger partial charge on any atom is -0.481 e. The van der Waals surface area contributed by atoms with Gasteiger partial charge in [0.1, 0.15) is 6.61 Å². The molecule has 4 aliphatic rings. The van der Waals surface area contributed by atoms with E-state index in [-0.39, 0.29) is 30.4 Å². The fourth-order valence-electron chi connectivity index (χ4n) is 6.75. The van der Waals surface area contributed by atoms with Gasteiger partial charge in [0.05, 0.1) is 11.3 Å². The SMILES string of the molecule is O=C(NC1CC2CC2(C(=O)N2CCCC(C(=O)O)C2)C1)OCC1c2ccccc2-c2ccccc21. The molecule has 35 heavy (non-hydrogen) atoms. The quantitative estimate of drug-likeness (QED) is 0.683. The van der Waals surface area contributed by atoms with Crippen LogP contribution in [-0.4, -0.2) is 53.7 Å². The number of amides is 2. The van der Waals surface area contributed by atoms with E-state index in [1.54, 1.807) is 4.90 Å². The van der Waals surface area contributed by atoms with Gasteiger partial charge in [-0.25, -0.2) is 4.79 Å². The monoisotopic (exact) mass is 474 g/mol. The molecular formula is C28H30N2O5. The molecule has 1 saturated heterocycles. The normalized spacial score (nSPS) is 28.6. The smallest absolute Gasteiger partial charge is 0.407 e. The van der Waals surface area contributed by atoms with Gasteiger partial charge in [-0.1, -0.05) is 48.5 Å². The summed E-state index contributed by atoms with van der Waals surface area (Å²) in [7, 11) is 0. The molecule has 2 saturated carbocycles. The third-order valence-electron chi connectivity index (χ3n) is 8.56. The van der Waals surface area contributed by atoms with Crippen molar-refractivity contribution in [2.75, 3.05) is 19.7 Å². The Hall–Kier alpha value is -3.35. The van der Waals surface area contributed by atoms with E-state index in [0.29, 0.717) is 25.9 Å². The molecule has 1 heterocycles. The highest BCUT2D eigenvalue weighted by Gasteiger charge is 2.66. The number of nitrogens with one attached hydrogen (secondary N) is 1. The summed E-state index contributed by atoms with van der Waals surface area (Å²) < 4.78 is 5.69. The highest BCUT2D eigenvalue weighted by atomic mass is 16.5. The summed E-state index contributed by atoms with van der Waals surface area (Å²) in [6.07, 6.45) is 3.13. The number of aliphatic carboxylic acids is 1. The molecule has 0 spiro atoms. The number of carbonyl (C=O) groups is 3. The van der Waals surface area contributed by atoms with Crippen LogP contribution in [-0.2, 0) is 14.3 Å². The predicted octanol–water partition coefficient (Wildman–Crippen LogP) is 4.02. The molecule has 4 unspecified atom stereocenters. The Morgan fingerprint density at radius 3 is 2.40 bits per heavy atom. The second-order valence-electron chi connectivity index (χ2n) is 10.6. The number of piperidine rings is 1. The Morgan fingerprint density at radius 2 is 1.71 bits per heavy atom. The van der Waals surface area contributed by atoms with Gasteiger partial charge >= 0.3 is 12.1 Å².